The van der Waals surface area contributed by atoms with Crippen molar-refractivity contribution >= 4 is 27.7 Å². The largest absolute Gasteiger partial charge is 0.444 e. The smallest absolute Gasteiger partial charge is 0.410 e. The predicted octanol–water partition coefficient (Wildman–Crippen LogP) is 2.90. The normalized spacial score (nSPS) is 34.3. The van der Waals surface area contributed by atoms with Gasteiger partial charge >= 0.3 is 6.09 Å². The topological polar surface area (TPSA) is 45.7 Å². The third-order valence-electron chi connectivity index (χ3n) is 1.89. The van der Waals surface area contributed by atoms with Crippen LogP contribution in [0.4, 0.5) is 10.5 Å². The highest BCUT2D eigenvalue weighted by atomic mass is 79.9. The molecule has 20 heavy (non-hydrogen) atoms. The van der Waals surface area contributed by atoms with E-state index in [1.165, 1.54) is 20.8 Å². The summed E-state index contributed by atoms with van der Waals surface area (Å²) in [6, 6.07) is -1.52. The molecule has 1 aliphatic rings. The minimum atomic E-state index is -3.54. The SMILES string of the molecule is [2H]c1nc(Br)c([2H])c([2H])c1N1C([2H])([2H])C([2H])([2H])N(C(=O)OC(C)(C)C)C([2H])([2H])C1([2H])[2H]. The number of anilines is 1. The molecule has 1 saturated heterocycles. The lowest BCUT2D eigenvalue weighted by molar-refractivity contribution is 0.0240. The molecule has 0 radical (unpaired) electrons. The third kappa shape index (κ3) is 4.10. The lowest BCUT2D eigenvalue weighted by Crippen LogP contribution is -2.50. The number of halogens is 1. The number of nitrogens with zero attached hydrogens (tertiary/aromatic N) is 3. The monoisotopic (exact) mass is 352 g/mol. The van der Waals surface area contributed by atoms with Gasteiger partial charge in [-0.15, -0.1) is 0 Å². The molecular weight excluding hydrogens is 322 g/mol. The molecule has 0 aromatic carbocycles. The van der Waals surface area contributed by atoms with Gasteiger partial charge in [0.2, 0.25) is 0 Å². The van der Waals surface area contributed by atoms with Gasteiger partial charge in [0, 0.05) is 26.0 Å². The van der Waals surface area contributed by atoms with Crippen molar-refractivity contribution in [1.29, 1.82) is 0 Å². The molecule has 1 amide bonds. The first kappa shape index (κ1) is 6.22. The molecule has 1 fully saturated rings. The van der Waals surface area contributed by atoms with E-state index in [0.717, 1.165) is 0 Å². The molecule has 2 rings (SSSR count). The van der Waals surface area contributed by atoms with Gasteiger partial charge in [-0.2, -0.15) is 0 Å². The zero-order valence-electron chi connectivity index (χ0n) is 22.0. The zero-order valence-corrected chi connectivity index (χ0v) is 12.6. The molecule has 1 aliphatic heterocycles. The molecule has 0 aliphatic carbocycles. The van der Waals surface area contributed by atoms with Gasteiger partial charge in [0.05, 0.1) is 26.9 Å². The Balaban J connectivity index is 2.84. The van der Waals surface area contributed by atoms with Crippen molar-refractivity contribution in [2.75, 3.05) is 30.9 Å². The lowest BCUT2D eigenvalue weighted by atomic mass is 10.2. The highest BCUT2D eigenvalue weighted by Gasteiger charge is 2.25. The maximum absolute atomic E-state index is 12.6. The molecule has 1 aromatic heterocycles. The van der Waals surface area contributed by atoms with Crippen molar-refractivity contribution in [2.24, 2.45) is 0 Å². The Hall–Kier alpha value is -1.30. The van der Waals surface area contributed by atoms with Crippen LogP contribution >= 0.6 is 15.9 Å². The van der Waals surface area contributed by atoms with Crippen LogP contribution in [0.2, 0.25) is 0 Å². The molecule has 0 bridgehead atoms. The number of pyridine rings is 1. The van der Waals surface area contributed by atoms with Crippen molar-refractivity contribution in [3.63, 3.8) is 0 Å². The fourth-order valence-electron chi connectivity index (χ4n) is 1.14. The fourth-order valence-corrected chi connectivity index (χ4v) is 1.33. The highest BCUT2D eigenvalue weighted by molar-refractivity contribution is 9.10. The summed E-state index contributed by atoms with van der Waals surface area (Å²) in [5.41, 5.74) is -2.17. The molecule has 0 N–H and O–H groups in total. The number of carbonyl (C=O) groups is 1. The van der Waals surface area contributed by atoms with Crippen LogP contribution in [0.25, 0.3) is 0 Å². The maximum Gasteiger partial charge on any atom is 0.410 e. The summed E-state index contributed by atoms with van der Waals surface area (Å²) in [4.78, 5) is 15.9. The Morgan fingerprint density at radius 3 is 2.65 bits per heavy atom. The summed E-state index contributed by atoms with van der Waals surface area (Å²) in [6.07, 6.45) is -2.53. The summed E-state index contributed by atoms with van der Waals surface area (Å²) in [6.45, 7) is -9.89. The van der Waals surface area contributed by atoms with Crippen molar-refractivity contribution in [3.05, 3.63) is 22.9 Å². The van der Waals surface area contributed by atoms with Crippen LogP contribution < -0.4 is 4.90 Å². The second-order valence-electron chi connectivity index (χ2n) is 4.71. The number of ether oxygens (including phenoxy) is 1. The molecule has 6 heteroatoms. The van der Waals surface area contributed by atoms with Gasteiger partial charge in [-0.05, 0) is 48.8 Å². The van der Waals surface area contributed by atoms with Crippen LogP contribution in [0.5, 0.6) is 0 Å². The van der Waals surface area contributed by atoms with Crippen LogP contribution in [0.3, 0.4) is 0 Å². The minimum absolute atomic E-state index is 0.0803. The van der Waals surface area contributed by atoms with E-state index in [2.05, 4.69) is 20.9 Å². The number of hydrogen-bond acceptors (Lipinski definition) is 4. The van der Waals surface area contributed by atoms with E-state index in [1.807, 2.05) is 0 Å². The second kappa shape index (κ2) is 5.99. The number of piperazine rings is 1. The van der Waals surface area contributed by atoms with Gasteiger partial charge in [0.15, 0.2) is 0 Å². The first-order valence-electron chi connectivity index (χ1n) is 11.1. The first-order valence-corrected chi connectivity index (χ1v) is 6.38. The van der Waals surface area contributed by atoms with E-state index in [4.69, 9.17) is 19.8 Å². The fraction of sp³-hybridized carbons (Fsp3) is 0.571. The Morgan fingerprint density at radius 2 is 2.05 bits per heavy atom. The number of amides is 1. The molecule has 0 atom stereocenters. The Kier molecular flexibility index (Phi) is 1.86. The van der Waals surface area contributed by atoms with Gasteiger partial charge in [-0.25, -0.2) is 9.78 Å². The molecule has 1 aromatic rings. The van der Waals surface area contributed by atoms with Gasteiger partial charge < -0.3 is 14.5 Å². The van der Waals surface area contributed by atoms with Crippen molar-refractivity contribution in [3.8, 4) is 0 Å². The van der Waals surface area contributed by atoms with Crippen molar-refractivity contribution in [2.45, 2.75) is 26.4 Å². The Morgan fingerprint density at radius 1 is 1.40 bits per heavy atom. The molecule has 0 saturated carbocycles. The van der Waals surface area contributed by atoms with Gasteiger partial charge in [0.1, 0.15) is 10.2 Å². The van der Waals surface area contributed by atoms with E-state index in [0.29, 0.717) is 0 Å². The molecule has 2 heterocycles. The average Bonchev–Trinajstić information content (AvgIpc) is 2.52. The molecule has 110 valence electrons. The summed E-state index contributed by atoms with van der Waals surface area (Å²) >= 11 is 2.85. The third-order valence-corrected chi connectivity index (χ3v) is 2.27. The van der Waals surface area contributed by atoms with Crippen molar-refractivity contribution < 1.29 is 24.6 Å². The Labute approximate surface area is 143 Å². The number of carbonyl (C=O) groups excluding carboxylic acids is 1. The lowest BCUT2D eigenvalue weighted by Gasteiger charge is -2.36. The molecule has 0 spiro atoms. The zero-order chi connectivity index (χ0) is 24.5. The first-order chi connectivity index (χ1) is 13.6. The number of hydrogen-bond donors (Lipinski definition) is 0. The van der Waals surface area contributed by atoms with E-state index in [1.54, 1.807) is 0 Å². The predicted molar refractivity (Wildman–Crippen MR) is 82.0 cm³/mol. The Bertz CT molecular complexity index is 892. The molecular formula is C14H20BrN3O2. The minimum Gasteiger partial charge on any atom is -0.444 e. The van der Waals surface area contributed by atoms with Crippen LogP contribution in [0, 0.1) is 0 Å². The summed E-state index contributed by atoms with van der Waals surface area (Å²) < 4.78 is 94.9. The average molecular weight is 353 g/mol. The summed E-state index contributed by atoms with van der Waals surface area (Å²) in [5, 5.41) is 0. The molecule has 5 nitrogen and oxygen atoms in total. The van der Waals surface area contributed by atoms with E-state index in [-0.39, 0.29) is 14.4 Å². The van der Waals surface area contributed by atoms with Gasteiger partial charge in [0.25, 0.3) is 0 Å². The van der Waals surface area contributed by atoms with E-state index < -0.39 is 61.6 Å². The van der Waals surface area contributed by atoms with E-state index in [9.17, 15) is 4.79 Å². The van der Waals surface area contributed by atoms with Gasteiger partial charge in [-0.1, -0.05) is 0 Å². The maximum atomic E-state index is 12.6. The van der Waals surface area contributed by atoms with Crippen LogP contribution in [-0.4, -0.2) is 47.6 Å². The van der Waals surface area contributed by atoms with E-state index >= 15 is 0 Å². The van der Waals surface area contributed by atoms with Crippen molar-refractivity contribution in [1.82, 2.24) is 9.88 Å². The standard InChI is InChI=1S/C14H20BrN3O2/c1-14(2,3)20-13(19)18-8-6-17(7-9-18)11-4-5-12(15)16-10-11/h4-5,10H,6-9H2,1-3H3/i4D,5D,6D2,7D2,8D2,9D2,10D. The van der Waals surface area contributed by atoms with Crippen LogP contribution in [0.1, 0.15) is 35.8 Å². The number of aromatic nitrogens is 1. The number of rotatable bonds is 1. The second-order valence-corrected chi connectivity index (χ2v) is 5.46. The van der Waals surface area contributed by atoms with Gasteiger partial charge in [-0.3, -0.25) is 0 Å². The summed E-state index contributed by atoms with van der Waals surface area (Å²) in [7, 11) is 0. The van der Waals surface area contributed by atoms with Crippen LogP contribution in [0.15, 0.2) is 22.9 Å². The molecule has 0 unspecified atom stereocenters. The highest BCUT2D eigenvalue weighted by Crippen LogP contribution is 2.18. The van der Waals surface area contributed by atoms with Crippen LogP contribution in [-0.2, 0) is 4.74 Å². The summed E-state index contributed by atoms with van der Waals surface area (Å²) in [5.74, 6) is 0. The quantitative estimate of drug-likeness (QED) is 0.729.